The molecular weight excluding hydrogens is 416 g/mol. The standard InChI is InChI=1S/C23H22N2O5S/c26-16(11-24-12-18-14-28-19-3-1-2-4-20(19)29-18)13-27-17-7-5-15(6-8-17)22-23-21(30-25-22)9-10-31-23/h1-10,16,18,24,26H,11-14H2. The van der Waals surface area contributed by atoms with Crippen LogP contribution in [-0.4, -0.2) is 48.8 Å². The second-order valence-electron chi connectivity index (χ2n) is 7.29. The summed E-state index contributed by atoms with van der Waals surface area (Å²) >= 11 is 1.60. The number of hydrogen-bond acceptors (Lipinski definition) is 8. The van der Waals surface area contributed by atoms with Crippen LogP contribution in [0, 0.1) is 0 Å². The number of rotatable bonds is 8. The van der Waals surface area contributed by atoms with Gasteiger partial charge >= 0.3 is 0 Å². The van der Waals surface area contributed by atoms with Gasteiger partial charge in [0.1, 0.15) is 41.6 Å². The van der Waals surface area contributed by atoms with E-state index in [0.29, 0.717) is 25.4 Å². The molecule has 4 aromatic rings. The zero-order valence-electron chi connectivity index (χ0n) is 16.7. The van der Waals surface area contributed by atoms with Gasteiger partial charge in [-0.1, -0.05) is 17.3 Å². The van der Waals surface area contributed by atoms with Crippen molar-refractivity contribution in [1.82, 2.24) is 10.5 Å². The maximum atomic E-state index is 10.2. The molecule has 2 aromatic heterocycles. The normalized spacial score (nSPS) is 16.4. The SMILES string of the molecule is OC(CNCC1COc2ccccc2O1)COc1ccc(-c2noc3ccsc23)cc1. The molecular formula is C23H22N2O5S. The van der Waals surface area contributed by atoms with Crippen molar-refractivity contribution >= 4 is 21.6 Å². The van der Waals surface area contributed by atoms with E-state index in [1.54, 1.807) is 11.3 Å². The van der Waals surface area contributed by atoms with E-state index in [1.807, 2.05) is 60.0 Å². The van der Waals surface area contributed by atoms with Crippen molar-refractivity contribution < 1.29 is 23.8 Å². The fourth-order valence-electron chi connectivity index (χ4n) is 3.40. The summed E-state index contributed by atoms with van der Waals surface area (Å²) in [5, 5.41) is 19.6. The third-order valence-corrected chi connectivity index (χ3v) is 5.87. The van der Waals surface area contributed by atoms with Gasteiger partial charge in [0.2, 0.25) is 0 Å². The van der Waals surface area contributed by atoms with Gasteiger partial charge < -0.3 is 29.2 Å². The number of hydrogen-bond donors (Lipinski definition) is 2. The number of para-hydroxylation sites is 2. The van der Waals surface area contributed by atoms with E-state index in [-0.39, 0.29) is 12.7 Å². The summed E-state index contributed by atoms with van der Waals surface area (Å²) < 4.78 is 23.7. The molecule has 0 amide bonds. The Kier molecular flexibility index (Phi) is 5.75. The first kappa shape index (κ1) is 19.9. The first-order chi connectivity index (χ1) is 15.3. The molecule has 0 bridgehead atoms. The Morgan fingerprint density at radius 1 is 1.13 bits per heavy atom. The van der Waals surface area contributed by atoms with E-state index >= 15 is 0 Å². The van der Waals surface area contributed by atoms with Crippen LogP contribution in [0.25, 0.3) is 21.5 Å². The molecule has 2 aromatic carbocycles. The molecule has 0 saturated carbocycles. The Labute approximate surface area is 183 Å². The number of aliphatic hydroxyl groups excluding tert-OH is 1. The fraction of sp³-hybridized carbons (Fsp3) is 0.261. The van der Waals surface area contributed by atoms with Crippen LogP contribution in [0.2, 0.25) is 0 Å². The number of thiophene rings is 1. The zero-order valence-corrected chi connectivity index (χ0v) is 17.5. The van der Waals surface area contributed by atoms with Crippen molar-refractivity contribution in [3.05, 3.63) is 60.0 Å². The van der Waals surface area contributed by atoms with E-state index in [0.717, 1.165) is 33.0 Å². The van der Waals surface area contributed by atoms with Crippen LogP contribution in [0.15, 0.2) is 64.5 Å². The van der Waals surface area contributed by atoms with Crippen molar-refractivity contribution in [3.63, 3.8) is 0 Å². The second-order valence-corrected chi connectivity index (χ2v) is 8.21. The van der Waals surface area contributed by atoms with E-state index in [4.69, 9.17) is 18.7 Å². The monoisotopic (exact) mass is 438 g/mol. The van der Waals surface area contributed by atoms with Gasteiger partial charge in [-0.3, -0.25) is 0 Å². The van der Waals surface area contributed by atoms with Crippen LogP contribution in [0.4, 0.5) is 0 Å². The third-order valence-electron chi connectivity index (χ3n) is 4.97. The smallest absolute Gasteiger partial charge is 0.178 e. The van der Waals surface area contributed by atoms with Gasteiger partial charge in [0, 0.05) is 18.7 Å². The van der Waals surface area contributed by atoms with Crippen molar-refractivity contribution in [2.45, 2.75) is 12.2 Å². The first-order valence-electron chi connectivity index (χ1n) is 10.1. The highest BCUT2D eigenvalue weighted by molar-refractivity contribution is 7.17. The summed E-state index contributed by atoms with van der Waals surface area (Å²) in [6.45, 7) is 1.65. The van der Waals surface area contributed by atoms with Crippen LogP contribution in [0.5, 0.6) is 17.2 Å². The lowest BCUT2D eigenvalue weighted by Gasteiger charge is -2.27. The van der Waals surface area contributed by atoms with Crippen LogP contribution in [0.3, 0.4) is 0 Å². The zero-order chi connectivity index (χ0) is 21.0. The van der Waals surface area contributed by atoms with Crippen molar-refractivity contribution in [3.8, 4) is 28.5 Å². The number of aliphatic hydroxyl groups is 1. The largest absolute Gasteiger partial charge is 0.491 e. The fourth-order valence-corrected chi connectivity index (χ4v) is 4.21. The second kappa shape index (κ2) is 8.97. The molecule has 2 unspecified atom stereocenters. The van der Waals surface area contributed by atoms with Crippen LogP contribution >= 0.6 is 11.3 Å². The molecule has 3 heterocycles. The summed E-state index contributed by atoms with van der Waals surface area (Å²) in [6.07, 6.45) is -0.736. The quantitative estimate of drug-likeness (QED) is 0.434. The topological polar surface area (TPSA) is 86.0 Å². The van der Waals surface area contributed by atoms with E-state index in [9.17, 15) is 5.11 Å². The lowest BCUT2D eigenvalue weighted by molar-refractivity contribution is 0.0778. The lowest BCUT2D eigenvalue weighted by atomic mass is 10.1. The van der Waals surface area contributed by atoms with Crippen LogP contribution < -0.4 is 19.5 Å². The molecule has 1 aliphatic rings. The molecule has 0 spiro atoms. The van der Waals surface area contributed by atoms with Crippen LogP contribution in [-0.2, 0) is 0 Å². The average Bonchev–Trinajstić information content (AvgIpc) is 3.42. The van der Waals surface area contributed by atoms with E-state index in [1.165, 1.54) is 0 Å². The molecule has 0 aliphatic carbocycles. The summed E-state index contributed by atoms with van der Waals surface area (Å²) in [5.41, 5.74) is 2.59. The highest BCUT2D eigenvalue weighted by atomic mass is 32.1. The highest BCUT2D eigenvalue weighted by Crippen LogP contribution is 2.33. The molecule has 2 N–H and O–H groups in total. The Morgan fingerprint density at radius 2 is 1.97 bits per heavy atom. The van der Waals surface area contributed by atoms with Gasteiger partial charge in [0.05, 0.1) is 0 Å². The Hall–Kier alpha value is -3.07. The minimum absolute atomic E-state index is 0.0955. The number of aromatic nitrogens is 1. The number of fused-ring (bicyclic) bond motifs is 2. The minimum Gasteiger partial charge on any atom is -0.491 e. The minimum atomic E-state index is -0.641. The summed E-state index contributed by atoms with van der Waals surface area (Å²) in [6, 6.07) is 17.1. The Bertz CT molecular complexity index is 1140. The van der Waals surface area contributed by atoms with Crippen LogP contribution in [0.1, 0.15) is 0 Å². The lowest BCUT2D eigenvalue weighted by Crippen LogP contribution is -2.41. The van der Waals surface area contributed by atoms with E-state index < -0.39 is 6.10 Å². The van der Waals surface area contributed by atoms with E-state index in [2.05, 4.69) is 10.5 Å². The van der Waals surface area contributed by atoms with Gasteiger partial charge in [-0.05, 0) is 47.8 Å². The molecule has 1 aliphatic heterocycles. The predicted molar refractivity (Wildman–Crippen MR) is 118 cm³/mol. The van der Waals surface area contributed by atoms with Gasteiger partial charge in [0.15, 0.2) is 17.1 Å². The molecule has 0 radical (unpaired) electrons. The molecule has 160 valence electrons. The summed E-state index contributed by atoms with van der Waals surface area (Å²) in [7, 11) is 0. The maximum absolute atomic E-state index is 10.2. The molecule has 5 rings (SSSR count). The van der Waals surface area contributed by atoms with Gasteiger partial charge in [-0.15, -0.1) is 11.3 Å². The molecule has 31 heavy (non-hydrogen) atoms. The van der Waals surface area contributed by atoms with Gasteiger partial charge in [-0.2, -0.15) is 0 Å². The van der Waals surface area contributed by atoms with Crippen molar-refractivity contribution in [1.29, 1.82) is 0 Å². The number of ether oxygens (including phenoxy) is 3. The third kappa shape index (κ3) is 4.51. The Morgan fingerprint density at radius 3 is 2.84 bits per heavy atom. The van der Waals surface area contributed by atoms with Crippen molar-refractivity contribution in [2.75, 3.05) is 26.3 Å². The summed E-state index contributed by atoms with van der Waals surface area (Å²) in [4.78, 5) is 0. The molecule has 7 nitrogen and oxygen atoms in total. The first-order valence-corrected chi connectivity index (χ1v) is 11.0. The predicted octanol–water partition coefficient (Wildman–Crippen LogP) is 3.73. The number of nitrogens with one attached hydrogen (secondary N) is 1. The number of nitrogens with zero attached hydrogens (tertiary/aromatic N) is 1. The van der Waals surface area contributed by atoms with Crippen molar-refractivity contribution in [2.24, 2.45) is 0 Å². The number of benzene rings is 2. The molecule has 0 fully saturated rings. The maximum Gasteiger partial charge on any atom is 0.178 e. The summed E-state index contributed by atoms with van der Waals surface area (Å²) in [5.74, 6) is 2.20. The Balaban J connectivity index is 1.06. The molecule has 8 heteroatoms. The van der Waals surface area contributed by atoms with Gasteiger partial charge in [0.25, 0.3) is 0 Å². The highest BCUT2D eigenvalue weighted by Gasteiger charge is 2.20. The average molecular weight is 439 g/mol. The van der Waals surface area contributed by atoms with Gasteiger partial charge in [-0.25, -0.2) is 0 Å². The molecule has 0 saturated heterocycles. The molecule has 2 atom stereocenters.